The number of esters is 1. The molecule has 116 valence electrons. The number of hydrogen-bond acceptors (Lipinski definition) is 6. The number of nitrogens with one attached hydrogen (secondary N) is 1. The zero-order valence-corrected chi connectivity index (χ0v) is 12.6. The van der Waals surface area contributed by atoms with Crippen LogP contribution < -0.4 is 5.32 Å². The number of rotatable bonds is 4. The number of nitriles is 1. The Morgan fingerprint density at radius 1 is 1.30 bits per heavy atom. The molecule has 0 radical (unpaired) electrons. The van der Waals surface area contributed by atoms with Crippen molar-refractivity contribution in [3.63, 3.8) is 0 Å². The number of aryl methyl sites for hydroxylation is 1. The van der Waals surface area contributed by atoms with Crippen LogP contribution in [-0.4, -0.2) is 27.9 Å². The van der Waals surface area contributed by atoms with Crippen molar-refractivity contribution in [3.05, 3.63) is 53.6 Å². The predicted octanol–water partition coefficient (Wildman–Crippen LogP) is 1.84. The van der Waals surface area contributed by atoms with Crippen LogP contribution in [0.1, 0.15) is 28.7 Å². The Hall–Kier alpha value is -3.27. The van der Waals surface area contributed by atoms with Crippen molar-refractivity contribution in [3.8, 4) is 6.07 Å². The monoisotopic (exact) mass is 310 g/mol. The molecule has 1 heterocycles. The average molecular weight is 310 g/mol. The van der Waals surface area contributed by atoms with Gasteiger partial charge in [0.15, 0.2) is 11.8 Å². The third-order valence-corrected chi connectivity index (χ3v) is 2.90. The van der Waals surface area contributed by atoms with Gasteiger partial charge in [0, 0.05) is 11.9 Å². The lowest BCUT2D eigenvalue weighted by Gasteiger charge is -2.13. The topological polar surface area (TPSA) is 105 Å². The van der Waals surface area contributed by atoms with Gasteiger partial charge in [-0.3, -0.25) is 9.78 Å². The molecule has 1 atom stereocenters. The van der Waals surface area contributed by atoms with Crippen LogP contribution in [0.5, 0.6) is 0 Å². The van der Waals surface area contributed by atoms with Crippen molar-refractivity contribution < 1.29 is 14.3 Å². The van der Waals surface area contributed by atoms with E-state index in [0.29, 0.717) is 16.9 Å². The van der Waals surface area contributed by atoms with Crippen molar-refractivity contribution in [2.75, 3.05) is 5.32 Å². The van der Waals surface area contributed by atoms with E-state index in [2.05, 4.69) is 15.3 Å². The summed E-state index contributed by atoms with van der Waals surface area (Å²) < 4.78 is 5.05. The van der Waals surface area contributed by atoms with Crippen molar-refractivity contribution in [1.29, 1.82) is 5.26 Å². The summed E-state index contributed by atoms with van der Waals surface area (Å²) in [5.41, 5.74) is 1.57. The first-order valence-electron chi connectivity index (χ1n) is 6.80. The molecule has 23 heavy (non-hydrogen) atoms. The van der Waals surface area contributed by atoms with Gasteiger partial charge in [0.25, 0.3) is 5.91 Å². The van der Waals surface area contributed by atoms with Crippen molar-refractivity contribution in [1.82, 2.24) is 9.97 Å². The molecule has 0 aliphatic carbocycles. The van der Waals surface area contributed by atoms with Crippen molar-refractivity contribution in [2.45, 2.75) is 20.0 Å². The van der Waals surface area contributed by atoms with Crippen molar-refractivity contribution >= 4 is 17.6 Å². The van der Waals surface area contributed by atoms with E-state index in [1.54, 1.807) is 25.1 Å². The molecular formula is C16H14N4O3. The molecule has 2 rings (SSSR count). The van der Waals surface area contributed by atoms with Crippen LogP contribution in [0.15, 0.2) is 36.7 Å². The number of anilines is 1. The Balaban J connectivity index is 1.98. The number of nitrogens with zero attached hydrogens (tertiary/aromatic N) is 3. The lowest BCUT2D eigenvalue weighted by molar-refractivity contribution is -0.123. The lowest BCUT2D eigenvalue weighted by Crippen LogP contribution is -2.30. The summed E-state index contributed by atoms with van der Waals surface area (Å²) in [7, 11) is 0. The van der Waals surface area contributed by atoms with Crippen LogP contribution in [-0.2, 0) is 9.53 Å². The normalized spacial score (nSPS) is 11.2. The van der Waals surface area contributed by atoms with E-state index in [-0.39, 0.29) is 5.69 Å². The van der Waals surface area contributed by atoms with Crippen LogP contribution >= 0.6 is 0 Å². The van der Waals surface area contributed by atoms with E-state index in [1.165, 1.54) is 25.4 Å². The molecule has 0 bridgehead atoms. The van der Waals surface area contributed by atoms with Gasteiger partial charge >= 0.3 is 5.97 Å². The highest BCUT2D eigenvalue weighted by Crippen LogP contribution is 2.11. The first-order chi connectivity index (χ1) is 11.0. The van der Waals surface area contributed by atoms with Crippen molar-refractivity contribution in [2.24, 2.45) is 0 Å². The van der Waals surface area contributed by atoms with Gasteiger partial charge in [-0.2, -0.15) is 5.26 Å². The van der Waals surface area contributed by atoms with E-state index in [4.69, 9.17) is 10.00 Å². The molecule has 0 unspecified atom stereocenters. The summed E-state index contributed by atoms with van der Waals surface area (Å²) in [5.74, 6) is -1.24. The van der Waals surface area contributed by atoms with Gasteiger partial charge < -0.3 is 10.1 Å². The molecule has 0 fully saturated rings. The van der Waals surface area contributed by atoms with Crippen LogP contribution in [0.2, 0.25) is 0 Å². The molecule has 1 aromatic heterocycles. The lowest BCUT2D eigenvalue weighted by atomic mass is 10.2. The molecule has 1 amide bonds. The van der Waals surface area contributed by atoms with Crippen LogP contribution in [0.4, 0.5) is 5.69 Å². The second-order valence-electron chi connectivity index (χ2n) is 4.77. The fourth-order valence-electron chi connectivity index (χ4n) is 1.68. The van der Waals surface area contributed by atoms with E-state index in [0.717, 1.165) is 0 Å². The number of hydrogen-bond donors (Lipinski definition) is 1. The molecule has 0 saturated heterocycles. The number of benzene rings is 1. The molecule has 0 spiro atoms. The summed E-state index contributed by atoms with van der Waals surface area (Å²) >= 11 is 0. The van der Waals surface area contributed by atoms with Crippen LogP contribution in [0.3, 0.4) is 0 Å². The van der Waals surface area contributed by atoms with Gasteiger partial charge in [-0.15, -0.1) is 0 Å². The molecule has 7 heteroatoms. The Morgan fingerprint density at radius 2 is 2.09 bits per heavy atom. The van der Waals surface area contributed by atoms with E-state index in [1.807, 2.05) is 6.07 Å². The number of carbonyl (C=O) groups is 2. The minimum atomic E-state index is -1.02. The molecule has 0 aliphatic heterocycles. The minimum Gasteiger partial charge on any atom is -0.448 e. The fourth-order valence-corrected chi connectivity index (χ4v) is 1.68. The Morgan fingerprint density at radius 3 is 2.74 bits per heavy atom. The Kier molecular flexibility index (Phi) is 5.00. The molecule has 1 aromatic carbocycles. The summed E-state index contributed by atoms with van der Waals surface area (Å²) in [6, 6.07) is 8.41. The summed E-state index contributed by atoms with van der Waals surface area (Å²) in [6.07, 6.45) is 1.71. The van der Waals surface area contributed by atoms with Gasteiger partial charge in [0.2, 0.25) is 0 Å². The third kappa shape index (κ3) is 4.35. The number of ether oxygens (including phenoxy) is 1. The highest BCUT2D eigenvalue weighted by Gasteiger charge is 2.20. The maximum atomic E-state index is 12.0. The quantitative estimate of drug-likeness (QED) is 0.864. The van der Waals surface area contributed by atoms with Crippen LogP contribution in [0, 0.1) is 18.3 Å². The van der Waals surface area contributed by atoms with Gasteiger partial charge in [-0.05, 0) is 32.0 Å². The zero-order chi connectivity index (χ0) is 16.8. The summed E-state index contributed by atoms with van der Waals surface area (Å²) in [5, 5.41) is 11.4. The van der Waals surface area contributed by atoms with Gasteiger partial charge in [-0.1, -0.05) is 6.07 Å². The van der Waals surface area contributed by atoms with Crippen LogP contribution in [0.25, 0.3) is 0 Å². The smallest absolute Gasteiger partial charge is 0.359 e. The highest BCUT2D eigenvalue weighted by atomic mass is 16.5. The number of aromatic nitrogens is 2. The second-order valence-corrected chi connectivity index (χ2v) is 4.77. The third-order valence-electron chi connectivity index (χ3n) is 2.90. The molecule has 0 aliphatic rings. The molecule has 0 saturated carbocycles. The maximum Gasteiger partial charge on any atom is 0.359 e. The molecule has 7 nitrogen and oxygen atoms in total. The molecule has 2 aromatic rings. The summed E-state index contributed by atoms with van der Waals surface area (Å²) in [4.78, 5) is 31.7. The van der Waals surface area contributed by atoms with E-state index < -0.39 is 18.0 Å². The first kappa shape index (κ1) is 16.1. The molecular weight excluding hydrogens is 296 g/mol. The molecule has 1 N–H and O–H groups in total. The van der Waals surface area contributed by atoms with Gasteiger partial charge in [0.05, 0.1) is 23.5 Å². The standard InChI is InChI=1S/C16H14N4O3/c1-10-8-19-14(9-18-10)16(22)23-11(2)15(21)20-13-5-3-4-12(6-13)7-17/h3-6,8-9,11H,1-2H3,(H,20,21)/t11-/m0/s1. The minimum absolute atomic E-state index is 0.0294. The van der Waals surface area contributed by atoms with E-state index in [9.17, 15) is 9.59 Å². The fraction of sp³-hybridized carbons (Fsp3) is 0.188. The number of amides is 1. The van der Waals surface area contributed by atoms with Gasteiger partial charge in [0.1, 0.15) is 0 Å². The second kappa shape index (κ2) is 7.13. The SMILES string of the molecule is Cc1cnc(C(=O)O[C@@H](C)C(=O)Nc2cccc(C#N)c2)cn1. The zero-order valence-electron chi connectivity index (χ0n) is 12.6. The Labute approximate surface area is 132 Å². The number of carbonyl (C=O) groups excluding carboxylic acids is 2. The predicted molar refractivity (Wildman–Crippen MR) is 81.4 cm³/mol. The first-order valence-corrected chi connectivity index (χ1v) is 6.80. The highest BCUT2D eigenvalue weighted by molar-refractivity contribution is 5.96. The largest absolute Gasteiger partial charge is 0.448 e. The maximum absolute atomic E-state index is 12.0. The summed E-state index contributed by atoms with van der Waals surface area (Å²) in [6.45, 7) is 3.19. The van der Waals surface area contributed by atoms with E-state index >= 15 is 0 Å². The average Bonchev–Trinajstić information content (AvgIpc) is 2.55. The van der Waals surface area contributed by atoms with Gasteiger partial charge in [-0.25, -0.2) is 9.78 Å². The Bertz CT molecular complexity index is 766.